The van der Waals surface area contributed by atoms with Gasteiger partial charge in [0.1, 0.15) is 10.6 Å². The van der Waals surface area contributed by atoms with Crippen LogP contribution in [0.3, 0.4) is 0 Å². The highest BCUT2D eigenvalue weighted by molar-refractivity contribution is 7.17. The first-order valence-corrected chi connectivity index (χ1v) is 8.38. The van der Waals surface area contributed by atoms with Crippen molar-refractivity contribution < 1.29 is 14.3 Å². The van der Waals surface area contributed by atoms with E-state index in [9.17, 15) is 9.59 Å². The van der Waals surface area contributed by atoms with Gasteiger partial charge in [-0.25, -0.2) is 9.78 Å². The molecule has 1 saturated carbocycles. The number of anilines is 2. The van der Waals surface area contributed by atoms with Crippen LogP contribution in [0, 0.1) is 6.92 Å². The molecule has 1 aliphatic carbocycles. The minimum absolute atomic E-state index is 0.134. The fraction of sp³-hybridized carbons (Fsp3) is 0.312. The Labute approximate surface area is 143 Å². The number of benzene rings is 1. The van der Waals surface area contributed by atoms with E-state index >= 15 is 0 Å². The maximum atomic E-state index is 12.1. The van der Waals surface area contributed by atoms with E-state index in [2.05, 4.69) is 20.9 Å². The quantitative estimate of drug-likeness (QED) is 0.776. The van der Waals surface area contributed by atoms with E-state index in [1.165, 1.54) is 7.11 Å². The Balaban J connectivity index is 1.65. The molecular weight excluding hydrogens is 328 g/mol. The van der Waals surface area contributed by atoms with Crippen LogP contribution in [0.4, 0.5) is 15.6 Å². The highest BCUT2D eigenvalue weighted by atomic mass is 32.1. The first-order valence-electron chi connectivity index (χ1n) is 7.56. The molecule has 0 radical (unpaired) electrons. The molecule has 126 valence electrons. The topological polar surface area (TPSA) is 92.3 Å². The van der Waals surface area contributed by atoms with Gasteiger partial charge in [-0.15, -0.1) is 0 Å². The summed E-state index contributed by atoms with van der Waals surface area (Å²) in [5.74, 6) is 0.429. The summed E-state index contributed by atoms with van der Waals surface area (Å²) in [5, 5.41) is 8.64. The summed E-state index contributed by atoms with van der Waals surface area (Å²) in [4.78, 5) is 29.0. The van der Waals surface area contributed by atoms with Crippen molar-refractivity contribution in [1.82, 2.24) is 10.3 Å². The fourth-order valence-electron chi connectivity index (χ4n) is 2.14. The highest BCUT2D eigenvalue weighted by Crippen LogP contribution is 2.26. The monoisotopic (exact) mass is 346 g/mol. The Kier molecular flexibility index (Phi) is 4.66. The van der Waals surface area contributed by atoms with Crippen LogP contribution in [0.5, 0.6) is 5.75 Å². The van der Waals surface area contributed by atoms with E-state index < -0.39 is 6.03 Å². The van der Waals surface area contributed by atoms with Gasteiger partial charge in [0, 0.05) is 6.04 Å². The summed E-state index contributed by atoms with van der Waals surface area (Å²) >= 11 is 1.16. The lowest BCUT2D eigenvalue weighted by Crippen LogP contribution is -2.25. The zero-order valence-corrected chi connectivity index (χ0v) is 14.2. The number of aryl methyl sites for hydroxylation is 1. The van der Waals surface area contributed by atoms with Crippen molar-refractivity contribution in [3.8, 4) is 5.75 Å². The number of carbonyl (C=O) groups is 2. The Morgan fingerprint density at radius 2 is 2.00 bits per heavy atom. The van der Waals surface area contributed by atoms with Crippen LogP contribution in [-0.4, -0.2) is 30.1 Å². The average molecular weight is 346 g/mol. The fourth-order valence-corrected chi connectivity index (χ4v) is 3.00. The number of thiazole rings is 1. The summed E-state index contributed by atoms with van der Waals surface area (Å²) in [5.41, 5.74) is 1.16. The van der Waals surface area contributed by atoms with Crippen molar-refractivity contribution in [3.05, 3.63) is 34.8 Å². The molecule has 2 aromatic rings. The van der Waals surface area contributed by atoms with Crippen molar-refractivity contribution in [3.63, 3.8) is 0 Å². The van der Waals surface area contributed by atoms with Crippen molar-refractivity contribution in [2.75, 3.05) is 17.7 Å². The Hall–Kier alpha value is -2.61. The van der Waals surface area contributed by atoms with Crippen molar-refractivity contribution in [2.45, 2.75) is 25.8 Å². The van der Waals surface area contributed by atoms with Crippen LogP contribution >= 0.6 is 11.3 Å². The molecule has 0 aliphatic heterocycles. The largest absolute Gasteiger partial charge is 0.495 e. The Morgan fingerprint density at radius 1 is 1.25 bits per heavy atom. The molecule has 24 heavy (non-hydrogen) atoms. The SMILES string of the molecule is COc1ccccc1NC(=O)Nc1nc(C)c(C(=O)NC2CC2)s1. The molecule has 1 aromatic carbocycles. The van der Waals surface area contributed by atoms with Gasteiger partial charge in [0.05, 0.1) is 18.5 Å². The number of hydrogen-bond acceptors (Lipinski definition) is 5. The number of para-hydroxylation sites is 2. The predicted octanol–water partition coefficient (Wildman–Crippen LogP) is 3.00. The number of nitrogens with one attached hydrogen (secondary N) is 3. The van der Waals surface area contributed by atoms with Gasteiger partial charge < -0.3 is 15.4 Å². The number of methoxy groups -OCH3 is 1. The second-order valence-corrected chi connectivity index (χ2v) is 6.46. The lowest BCUT2D eigenvalue weighted by molar-refractivity contribution is 0.0954. The average Bonchev–Trinajstić information content (AvgIpc) is 3.29. The Bertz CT molecular complexity index is 770. The van der Waals surface area contributed by atoms with E-state index in [4.69, 9.17) is 4.74 Å². The molecule has 0 atom stereocenters. The van der Waals surface area contributed by atoms with E-state index in [0.717, 1.165) is 24.2 Å². The third kappa shape index (κ3) is 3.83. The van der Waals surface area contributed by atoms with E-state index in [0.29, 0.717) is 27.1 Å². The van der Waals surface area contributed by atoms with Gasteiger partial charge >= 0.3 is 6.03 Å². The zero-order chi connectivity index (χ0) is 17.1. The number of ether oxygens (including phenoxy) is 1. The number of aromatic nitrogens is 1. The number of hydrogen-bond donors (Lipinski definition) is 3. The Morgan fingerprint density at radius 3 is 2.71 bits per heavy atom. The van der Waals surface area contributed by atoms with Crippen LogP contribution in [0.25, 0.3) is 0 Å². The lowest BCUT2D eigenvalue weighted by atomic mass is 10.3. The molecule has 3 N–H and O–H groups in total. The van der Waals surface area contributed by atoms with Gasteiger partial charge in [-0.2, -0.15) is 0 Å². The molecule has 1 aromatic heterocycles. The lowest BCUT2D eigenvalue weighted by Gasteiger charge is -2.09. The van der Waals surface area contributed by atoms with Crippen LogP contribution in [0.1, 0.15) is 28.2 Å². The van der Waals surface area contributed by atoms with Crippen molar-refractivity contribution in [1.29, 1.82) is 0 Å². The van der Waals surface area contributed by atoms with Crippen LogP contribution in [0.15, 0.2) is 24.3 Å². The maximum Gasteiger partial charge on any atom is 0.325 e. The summed E-state index contributed by atoms with van der Waals surface area (Å²) < 4.78 is 5.19. The molecule has 7 nitrogen and oxygen atoms in total. The minimum Gasteiger partial charge on any atom is -0.495 e. The van der Waals surface area contributed by atoms with E-state index in [1.54, 1.807) is 25.1 Å². The molecule has 0 spiro atoms. The molecule has 0 bridgehead atoms. The first kappa shape index (κ1) is 16.3. The second kappa shape index (κ2) is 6.88. The minimum atomic E-state index is -0.442. The highest BCUT2D eigenvalue weighted by Gasteiger charge is 2.26. The predicted molar refractivity (Wildman–Crippen MR) is 93.0 cm³/mol. The normalized spacial score (nSPS) is 13.2. The number of urea groups is 1. The number of carbonyl (C=O) groups excluding carboxylic acids is 2. The summed E-state index contributed by atoms with van der Waals surface area (Å²) in [7, 11) is 1.54. The van der Waals surface area contributed by atoms with Crippen LogP contribution in [0.2, 0.25) is 0 Å². The smallest absolute Gasteiger partial charge is 0.325 e. The molecule has 1 heterocycles. The number of amides is 3. The summed E-state index contributed by atoms with van der Waals surface area (Å²) in [6, 6.07) is 6.94. The number of rotatable bonds is 5. The van der Waals surface area contributed by atoms with E-state index in [-0.39, 0.29) is 11.9 Å². The molecule has 3 rings (SSSR count). The van der Waals surface area contributed by atoms with Gasteiger partial charge in [0.2, 0.25) is 0 Å². The third-order valence-corrected chi connectivity index (χ3v) is 4.56. The third-order valence-electron chi connectivity index (χ3n) is 3.49. The van der Waals surface area contributed by atoms with Gasteiger partial charge in [0.15, 0.2) is 5.13 Å². The summed E-state index contributed by atoms with van der Waals surface area (Å²) in [6.45, 7) is 1.75. The molecule has 1 fully saturated rings. The maximum absolute atomic E-state index is 12.1. The molecule has 0 saturated heterocycles. The second-order valence-electron chi connectivity index (χ2n) is 5.46. The van der Waals surface area contributed by atoms with Crippen molar-refractivity contribution in [2.24, 2.45) is 0 Å². The number of nitrogens with zero attached hydrogens (tertiary/aromatic N) is 1. The molecular formula is C16H18N4O3S. The standard InChI is InChI=1S/C16H18N4O3S/c1-9-13(14(21)18-10-7-8-10)24-16(17-9)20-15(22)19-11-5-3-4-6-12(11)23-2/h3-6,10H,7-8H2,1-2H3,(H,18,21)(H2,17,19,20,22). The van der Waals surface area contributed by atoms with Gasteiger partial charge in [-0.3, -0.25) is 10.1 Å². The first-order chi connectivity index (χ1) is 11.6. The van der Waals surface area contributed by atoms with Crippen LogP contribution in [-0.2, 0) is 0 Å². The van der Waals surface area contributed by atoms with Gasteiger partial charge in [-0.1, -0.05) is 23.5 Å². The molecule has 1 aliphatic rings. The van der Waals surface area contributed by atoms with Gasteiger partial charge in [0.25, 0.3) is 5.91 Å². The molecule has 0 unspecified atom stereocenters. The van der Waals surface area contributed by atoms with Crippen LogP contribution < -0.4 is 20.7 Å². The van der Waals surface area contributed by atoms with Gasteiger partial charge in [-0.05, 0) is 31.9 Å². The molecule has 8 heteroatoms. The molecule has 3 amide bonds. The van der Waals surface area contributed by atoms with E-state index in [1.807, 2.05) is 6.07 Å². The van der Waals surface area contributed by atoms with Crippen molar-refractivity contribution >= 4 is 34.1 Å². The zero-order valence-electron chi connectivity index (χ0n) is 13.4. The summed E-state index contributed by atoms with van der Waals surface area (Å²) in [6.07, 6.45) is 2.05.